The molecule has 3 amide bonds. The molecule has 43 heavy (non-hydrogen) atoms. The zero-order valence-electron chi connectivity index (χ0n) is 25.5. The van der Waals surface area contributed by atoms with Crippen molar-refractivity contribution in [2.24, 2.45) is 23.5 Å². The molecule has 238 valence electrons. The number of aliphatic hydroxyl groups is 1. The summed E-state index contributed by atoms with van der Waals surface area (Å²) in [5, 5.41) is 29.1. The van der Waals surface area contributed by atoms with Crippen molar-refractivity contribution < 1.29 is 24.6 Å². The molecule has 1 fully saturated rings. The molecule has 0 radical (unpaired) electrons. The minimum Gasteiger partial charge on any atom is -0.465 e. The quantitative estimate of drug-likeness (QED) is 0.146. The average molecular weight is 599 g/mol. The molecule has 3 rings (SSSR count). The highest BCUT2D eigenvalue weighted by molar-refractivity contribution is 5.91. The lowest BCUT2D eigenvalue weighted by molar-refractivity contribution is -0.131. The van der Waals surface area contributed by atoms with Crippen molar-refractivity contribution in [1.82, 2.24) is 25.9 Å². The summed E-state index contributed by atoms with van der Waals surface area (Å²) in [5.41, 5.74) is 7.28. The Labute approximate surface area is 254 Å². The van der Waals surface area contributed by atoms with Crippen LogP contribution in [0.25, 0.3) is 0 Å². The fourth-order valence-electron chi connectivity index (χ4n) is 6.10. The van der Waals surface area contributed by atoms with Crippen LogP contribution in [0.1, 0.15) is 76.5 Å². The fourth-order valence-corrected chi connectivity index (χ4v) is 6.10. The normalized spacial score (nSPS) is 17.4. The summed E-state index contributed by atoms with van der Waals surface area (Å²) >= 11 is 0. The summed E-state index contributed by atoms with van der Waals surface area (Å²) in [6.45, 7) is 4.77. The number of nitrogens with zero attached hydrogens (tertiary/aromatic N) is 1. The number of hydrogen-bond donors (Lipinski definition) is 7. The average Bonchev–Trinajstić information content (AvgIpc) is 3.50. The van der Waals surface area contributed by atoms with Gasteiger partial charge in [-0.15, -0.1) is 0 Å². The van der Waals surface area contributed by atoms with Gasteiger partial charge in [0.25, 0.3) is 0 Å². The summed E-state index contributed by atoms with van der Waals surface area (Å²) in [6.07, 6.45) is 8.79. The van der Waals surface area contributed by atoms with E-state index in [1.165, 1.54) is 12.7 Å². The molecule has 1 heterocycles. The summed E-state index contributed by atoms with van der Waals surface area (Å²) < 4.78 is 0. The van der Waals surface area contributed by atoms with Crippen LogP contribution in [-0.2, 0) is 22.4 Å². The van der Waals surface area contributed by atoms with Crippen LogP contribution in [0.15, 0.2) is 42.9 Å². The number of benzene rings is 1. The van der Waals surface area contributed by atoms with Crippen LogP contribution in [0.3, 0.4) is 0 Å². The van der Waals surface area contributed by atoms with Gasteiger partial charge in [-0.05, 0) is 49.1 Å². The van der Waals surface area contributed by atoms with E-state index in [4.69, 9.17) is 5.73 Å². The number of hydrogen-bond acceptors (Lipinski definition) is 6. The van der Waals surface area contributed by atoms with E-state index in [9.17, 15) is 24.6 Å². The third-order valence-electron chi connectivity index (χ3n) is 8.64. The van der Waals surface area contributed by atoms with Gasteiger partial charge in [-0.25, -0.2) is 9.78 Å². The van der Waals surface area contributed by atoms with Gasteiger partial charge in [0.1, 0.15) is 12.1 Å². The van der Waals surface area contributed by atoms with Crippen molar-refractivity contribution in [3.8, 4) is 0 Å². The highest BCUT2D eigenvalue weighted by atomic mass is 16.4. The van der Waals surface area contributed by atoms with Crippen molar-refractivity contribution >= 4 is 17.9 Å². The number of carbonyl (C=O) groups excluding carboxylic acids is 2. The molecule has 1 saturated carbocycles. The Bertz CT molecular complexity index is 1110. The van der Waals surface area contributed by atoms with Crippen LogP contribution in [-0.4, -0.2) is 68.9 Å². The molecule has 2 aromatic rings. The fraction of sp³-hybridized carbons (Fsp3) is 0.625. The van der Waals surface area contributed by atoms with Crippen molar-refractivity contribution in [1.29, 1.82) is 0 Å². The Morgan fingerprint density at radius 2 is 1.67 bits per heavy atom. The van der Waals surface area contributed by atoms with Gasteiger partial charge in [-0.2, -0.15) is 0 Å². The molecule has 1 aromatic heterocycles. The molecule has 0 aliphatic heterocycles. The maximum Gasteiger partial charge on any atom is 0.405 e. The molecule has 0 bridgehead atoms. The van der Waals surface area contributed by atoms with Crippen LogP contribution in [0, 0.1) is 17.8 Å². The first kappa shape index (κ1) is 34.1. The highest BCUT2D eigenvalue weighted by Gasteiger charge is 2.33. The standard InChI is InChI=1S/C32H50N6O5/c1-21(2)24(13-14-33)17-29(39)26(15-22-9-5-3-6-10-22)36-31(41)28(18-25-19-34-20-35-25)37-30(40)27(38-32(42)43)16-23-11-7-4-8-12-23/h4,7-8,11-12,19-22,24,26-29,38-39H,3,5-6,9-10,13-18,33H2,1-2H3,(H,34,35)(H,36,41)(H,37,40)(H,42,43)/t24-,26-,27-,28-,29+/m0/s1. The van der Waals surface area contributed by atoms with Crippen molar-refractivity contribution in [3.05, 3.63) is 54.1 Å². The van der Waals surface area contributed by atoms with Gasteiger partial charge in [0.05, 0.1) is 18.5 Å². The van der Waals surface area contributed by atoms with Gasteiger partial charge in [-0.1, -0.05) is 76.3 Å². The maximum absolute atomic E-state index is 13.9. The zero-order chi connectivity index (χ0) is 31.2. The summed E-state index contributed by atoms with van der Waals surface area (Å²) in [6, 6.07) is 6.47. The van der Waals surface area contributed by atoms with E-state index < -0.39 is 42.1 Å². The molecule has 1 aromatic carbocycles. The summed E-state index contributed by atoms with van der Waals surface area (Å²) in [7, 11) is 0. The minimum absolute atomic E-state index is 0.122. The van der Waals surface area contributed by atoms with Crippen molar-refractivity contribution in [2.75, 3.05) is 6.54 Å². The van der Waals surface area contributed by atoms with Gasteiger partial charge in [0.2, 0.25) is 11.8 Å². The number of aromatic amines is 1. The number of nitrogens with one attached hydrogen (secondary N) is 4. The minimum atomic E-state index is -1.33. The van der Waals surface area contributed by atoms with E-state index in [2.05, 4.69) is 39.8 Å². The number of amides is 3. The number of H-pyrrole nitrogens is 1. The molecule has 0 spiro atoms. The van der Waals surface area contributed by atoms with E-state index in [-0.39, 0.29) is 18.8 Å². The highest BCUT2D eigenvalue weighted by Crippen LogP contribution is 2.30. The molecule has 11 heteroatoms. The third-order valence-corrected chi connectivity index (χ3v) is 8.64. The van der Waals surface area contributed by atoms with E-state index in [0.29, 0.717) is 36.9 Å². The first-order chi connectivity index (χ1) is 20.7. The Morgan fingerprint density at radius 3 is 2.28 bits per heavy atom. The van der Waals surface area contributed by atoms with Crippen LogP contribution in [0.2, 0.25) is 0 Å². The Kier molecular flexibility index (Phi) is 14.0. The molecule has 5 atom stereocenters. The van der Waals surface area contributed by atoms with Crippen LogP contribution in [0.4, 0.5) is 4.79 Å². The van der Waals surface area contributed by atoms with Crippen molar-refractivity contribution in [3.63, 3.8) is 0 Å². The van der Waals surface area contributed by atoms with Crippen molar-refractivity contribution in [2.45, 2.75) is 102 Å². The second-order valence-corrected chi connectivity index (χ2v) is 12.3. The predicted molar refractivity (Wildman–Crippen MR) is 165 cm³/mol. The molecular weight excluding hydrogens is 548 g/mol. The van der Waals surface area contributed by atoms with E-state index in [0.717, 1.165) is 37.7 Å². The van der Waals surface area contributed by atoms with Gasteiger partial charge in [0.15, 0.2) is 0 Å². The lowest BCUT2D eigenvalue weighted by Crippen LogP contribution is -2.57. The first-order valence-corrected chi connectivity index (χ1v) is 15.7. The lowest BCUT2D eigenvalue weighted by Gasteiger charge is -2.33. The molecule has 11 nitrogen and oxygen atoms in total. The number of carbonyl (C=O) groups is 3. The molecule has 0 saturated heterocycles. The Hall–Kier alpha value is -3.44. The van der Waals surface area contributed by atoms with Gasteiger partial charge in [0, 0.05) is 24.7 Å². The first-order valence-electron chi connectivity index (χ1n) is 15.7. The topological polar surface area (TPSA) is 182 Å². The summed E-state index contributed by atoms with van der Waals surface area (Å²) in [5.74, 6) is -0.0990. The second kappa shape index (κ2) is 17.6. The predicted octanol–water partition coefficient (Wildman–Crippen LogP) is 3.14. The van der Waals surface area contributed by atoms with E-state index >= 15 is 0 Å². The van der Waals surface area contributed by atoms with Gasteiger partial charge in [-0.3, -0.25) is 9.59 Å². The third kappa shape index (κ3) is 11.6. The molecule has 1 aliphatic rings. The second-order valence-electron chi connectivity index (χ2n) is 12.3. The van der Waals surface area contributed by atoms with E-state index in [1.54, 1.807) is 6.20 Å². The van der Waals surface area contributed by atoms with Gasteiger partial charge >= 0.3 is 6.09 Å². The van der Waals surface area contributed by atoms with E-state index in [1.807, 2.05) is 30.3 Å². The van der Waals surface area contributed by atoms with Crippen LogP contribution in [0.5, 0.6) is 0 Å². The molecule has 1 aliphatic carbocycles. The largest absolute Gasteiger partial charge is 0.465 e. The number of carboxylic acid groups (broad SMARTS) is 1. The van der Waals surface area contributed by atoms with Gasteiger partial charge < -0.3 is 36.9 Å². The Balaban J connectivity index is 1.80. The lowest BCUT2D eigenvalue weighted by atomic mass is 9.80. The smallest absolute Gasteiger partial charge is 0.405 e. The molecule has 0 unspecified atom stereocenters. The zero-order valence-corrected chi connectivity index (χ0v) is 25.5. The number of rotatable bonds is 17. The van der Waals surface area contributed by atoms with Crippen LogP contribution < -0.4 is 21.7 Å². The number of nitrogens with two attached hydrogens (primary N) is 1. The summed E-state index contributed by atoms with van der Waals surface area (Å²) in [4.78, 5) is 45.9. The molecule has 8 N–H and O–H groups in total. The maximum atomic E-state index is 13.9. The number of imidazole rings is 1. The number of aliphatic hydroxyl groups excluding tert-OH is 1. The number of aromatic nitrogens is 2. The monoisotopic (exact) mass is 598 g/mol. The SMILES string of the molecule is CC(C)[C@@H](CCN)C[C@@H](O)[C@H](CC1CCCCC1)NC(=O)[C@H](Cc1cnc[nH]1)NC(=O)[C@H](Cc1ccccc1)NC(=O)O. The molecular formula is C32H50N6O5. The van der Waals surface area contributed by atoms with Crippen LogP contribution >= 0.6 is 0 Å². The Morgan fingerprint density at radius 1 is 1.00 bits per heavy atom.